The van der Waals surface area contributed by atoms with Gasteiger partial charge in [-0.3, -0.25) is 9.36 Å². The molecule has 1 atom stereocenters. The fourth-order valence-electron chi connectivity index (χ4n) is 2.11. The van der Waals surface area contributed by atoms with E-state index < -0.39 is 6.10 Å². The van der Waals surface area contributed by atoms with E-state index in [2.05, 4.69) is 4.98 Å². The molecular formula is C16H13N3O3S. The summed E-state index contributed by atoms with van der Waals surface area (Å²) < 4.78 is 7.42. The molecule has 1 N–H and O–H groups in total. The lowest BCUT2D eigenvalue weighted by atomic mass is 10.2. The van der Waals surface area contributed by atoms with Gasteiger partial charge in [-0.25, -0.2) is 4.98 Å². The van der Waals surface area contributed by atoms with Crippen molar-refractivity contribution in [2.24, 2.45) is 0 Å². The van der Waals surface area contributed by atoms with Gasteiger partial charge in [0.15, 0.2) is 0 Å². The second-order valence-electron chi connectivity index (χ2n) is 4.94. The zero-order chi connectivity index (χ0) is 16.2. The van der Waals surface area contributed by atoms with E-state index in [0.29, 0.717) is 21.5 Å². The Morgan fingerprint density at radius 3 is 2.87 bits per heavy atom. The van der Waals surface area contributed by atoms with Crippen molar-refractivity contribution in [3.63, 3.8) is 0 Å². The van der Waals surface area contributed by atoms with E-state index in [4.69, 9.17) is 10.00 Å². The first-order chi connectivity index (χ1) is 11.2. The Balaban J connectivity index is 1.64. The second kappa shape index (κ2) is 6.60. The van der Waals surface area contributed by atoms with Crippen LogP contribution >= 0.6 is 11.3 Å². The zero-order valence-electron chi connectivity index (χ0n) is 12.0. The SMILES string of the molecule is N#Cc1ccc(OC[C@H](O)Cn2cnc3ccsc3c2=O)cc1. The van der Waals surface area contributed by atoms with Gasteiger partial charge in [0.25, 0.3) is 5.56 Å². The van der Waals surface area contributed by atoms with E-state index in [1.54, 1.807) is 30.3 Å². The molecule has 0 spiro atoms. The Hall–Kier alpha value is -2.69. The van der Waals surface area contributed by atoms with Crippen molar-refractivity contribution >= 4 is 21.6 Å². The molecule has 0 radical (unpaired) electrons. The van der Waals surface area contributed by atoms with Gasteiger partial charge < -0.3 is 9.84 Å². The minimum Gasteiger partial charge on any atom is -0.491 e. The van der Waals surface area contributed by atoms with Gasteiger partial charge in [0.2, 0.25) is 0 Å². The first-order valence-corrected chi connectivity index (χ1v) is 7.79. The third-order valence-electron chi connectivity index (χ3n) is 3.27. The van der Waals surface area contributed by atoms with Crippen LogP contribution in [0.4, 0.5) is 0 Å². The summed E-state index contributed by atoms with van der Waals surface area (Å²) >= 11 is 1.33. The molecule has 0 fully saturated rings. The second-order valence-corrected chi connectivity index (χ2v) is 5.85. The summed E-state index contributed by atoms with van der Waals surface area (Å²) in [4.78, 5) is 16.4. The lowest BCUT2D eigenvalue weighted by molar-refractivity contribution is 0.0915. The predicted octanol–water partition coefficient (Wildman–Crippen LogP) is 1.77. The smallest absolute Gasteiger partial charge is 0.271 e. The van der Waals surface area contributed by atoms with Crippen LogP contribution in [-0.2, 0) is 6.54 Å². The van der Waals surface area contributed by atoms with E-state index in [1.807, 2.05) is 11.4 Å². The van der Waals surface area contributed by atoms with Crippen molar-refractivity contribution < 1.29 is 9.84 Å². The first-order valence-electron chi connectivity index (χ1n) is 6.91. The molecule has 0 aliphatic rings. The van der Waals surface area contributed by atoms with Gasteiger partial charge >= 0.3 is 0 Å². The zero-order valence-corrected chi connectivity index (χ0v) is 12.9. The summed E-state index contributed by atoms with van der Waals surface area (Å²) in [7, 11) is 0. The molecule has 0 saturated heterocycles. The van der Waals surface area contributed by atoms with Gasteiger partial charge in [0, 0.05) is 0 Å². The molecule has 0 aliphatic carbocycles. The van der Waals surface area contributed by atoms with Crippen LogP contribution in [0.1, 0.15) is 5.56 Å². The molecule has 1 aromatic carbocycles. The standard InChI is InChI=1S/C16H13N3O3S/c17-7-11-1-3-13(4-2-11)22-9-12(20)8-19-10-18-14-5-6-23-15(14)16(19)21/h1-6,10,12,20H,8-9H2/t12-/m1/s1. The fourth-order valence-corrected chi connectivity index (χ4v) is 2.90. The minimum atomic E-state index is -0.845. The van der Waals surface area contributed by atoms with Gasteiger partial charge in [-0.15, -0.1) is 11.3 Å². The molecule has 3 aromatic rings. The van der Waals surface area contributed by atoms with Crippen molar-refractivity contribution in [1.29, 1.82) is 5.26 Å². The highest BCUT2D eigenvalue weighted by molar-refractivity contribution is 7.17. The van der Waals surface area contributed by atoms with Crippen molar-refractivity contribution in [3.05, 3.63) is 58.0 Å². The number of hydrogen-bond donors (Lipinski definition) is 1. The Kier molecular flexibility index (Phi) is 4.37. The molecule has 2 heterocycles. The maximum atomic E-state index is 12.2. The highest BCUT2D eigenvalue weighted by Gasteiger charge is 2.11. The van der Waals surface area contributed by atoms with Gasteiger partial charge in [-0.2, -0.15) is 5.26 Å². The molecule has 0 aliphatic heterocycles. The summed E-state index contributed by atoms with van der Waals surface area (Å²) in [5.74, 6) is 0.558. The van der Waals surface area contributed by atoms with E-state index in [0.717, 1.165) is 0 Å². The summed E-state index contributed by atoms with van der Waals surface area (Å²) in [6, 6.07) is 10.4. The molecule has 0 bridgehead atoms. The molecule has 0 amide bonds. The van der Waals surface area contributed by atoms with Gasteiger partial charge in [-0.1, -0.05) is 0 Å². The molecule has 116 valence electrons. The molecule has 0 unspecified atom stereocenters. The Bertz CT molecular complexity index is 909. The van der Waals surface area contributed by atoms with Crippen molar-refractivity contribution in [2.45, 2.75) is 12.6 Å². The van der Waals surface area contributed by atoms with E-state index >= 15 is 0 Å². The van der Waals surface area contributed by atoms with E-state index in [9.17, 15) is 9.90 Å². The predicted molar refractivity (Wildman–Crippen MR) is 86.5 cm³/mol. The van der Waals surface area contributed by atoms with Crippen LogP contribution in [0.3, 0.4) is 0 Å². The quantitative estimate of drug-likeness (QED) is 0.771. The van der Waals surface area contributed by atoms with Crippen LogP contribution in [0.25, 0.3) is 10.2 Å². The van der Waals surface area contributed by atoms with Crippen LogP contribution in [0.5, 0.6) is 5.75 Å². The summed E-state index contributed by atoms with van der Waals surface area (Å²) in [5.41, 5.74) is 1.04. The number of thiophene rings is 1. The number of nitriles is 1. The topological polar surface area (TPSA) is 88.1 Å². The number of hydrogen-bond acceptors (Lipinski definition) is 6. The first kappa shape index (κ1) is 15.2. The van der Waals surface area contributed by atoms with Crippen LogP contribution in [0.15, 0.2) is 46.8 Å². The summed E-state index contributed by atoms with van der Waals surface area (Å²) in [6.45, 7) is 0.150. The number of aromatic nitrogens is 2. The molecule has 6 nitrogen and oxygen atoms in total. The third kappa shape index (κ3) is 3.39. The number of rotatable bonds is 5. The largest absolute Gasteiger partial charge is 0.491 e. The lowest BCUT2D eigenvalue weighted by Crippen LogP contribution is -2.30. The number of ether oxygens (including phenoxy) is 1. The Morgan fingerprint density at radius 1 is 1.35 bits per heavy atom. The normalized spacial score (nSPS) is 12.0. The van der Waals surface area contributed by atoms with Crippen LogP contribution in [-0.4, -0.2) is 27.4 Å². The Labute approximate surface area is 135 Å². The van der Waals surface area contributed by atoms with Crippen molar-refractivity contribution in [2.75, 3.05) is 6.61 Å². The van der Waals surface area contributed by atoms with E-state index in [1.165, 1.54) is 22.2 Å². The monoisotopic (exact) mass is 327 g/mol. The molecule has 0 saturated carbocycles. The molecule has 2 aromatic heterocycles. The van der Waals surface area contributed by atoms with Crippen LogP contribution in [0, 0.1) is 11.3 Å². The third-order valence-corrected chi connectivity index (χ3v) is 4.16. The molecule has 3 rings (SSSR count). The van der Waals surface area contributed by atoms with Gasteiger partial charge in [-0.05, 0) is 35.7 Å². The highest BCUT2D eigenvalue weighted by atomic mass is 32.1. The van der Waals surface area contributed by atoms with E-state index in [-0.39, 0.29) is 18.7 Å². The van der Waals surface area contributed by atoms with Crippen molar-refractivity contribution in [3.8, 4) is 11.8 Å². The number of nitrogens with zero attached hydrogens (tertiary/aromatic N) is 3. The summed E-state index contributed by atoms with van der Waals surface area (Å²) in [5, 5.41) is 20.6. The molecule has 23 heavy (non-hydrogen) atoms. The van der Waals surface area contributed by atoms with Crippen molar-refractivity contribution in [1.82, 2.24) is 9.55 Å². The maximum absolute atomic E-state index is 12.2. The fraction of sp³-hybridized carbons (Fsp3) is 0.188. The minimum absolute atomic E-state index is 0.0425. The summed E-state index contributed by atoms with van der Waals surface area (Å²) in [6.07, 6.45) is 0.588. The Morgan fingerprint density at radius 2 is 2.13 bits per heavy atom. The number of aliphatic hydroxyl groups is 1. The van der Waals surface area contributed by atoms with Gasteiger partial charge in [0.05, 0.1) is 30.0 Å². The lowest BCUT2D eigenvalue weighted by Gasteiger charge is -2.13. The average Bonchev–Trinajstić information content (AvgIpc) is 3.05. The maximum Gasteiger partial charge on any atom is 0.271 e. The molecular weight excluding hydrogens is 314 g/mol. The number of benzene rings is 1. The number of fused-ring (bicyclic) bond motifs is 1. The van der Waals surface area contributed by atoms with Gasteiger partial charge in [0.1, 0.15) is 23.2 Å². The highest BCUT2D eigenvalue weighted by Crippen LogP contribution is 2.14. The average molecular weight is 327 g/mol. The molecule has 7 heteroatoms. The van der Waals surface area contributed by atoms with Crippen LogP contribution < -0.4 is 10.3 Å². The number of aliphatic hydroxyl groups excluding tert-OH is 1. The van der Waals surface area contributed by atoms with Crippen LogP contribution in [0.2, 0.25) is 0 Å².